The van der Waals surface area contributed by atoms with Crippen LogP contribution < -0.4 is 0 Å². The number of rotatable bonds is 10. The molecule has 0 amide bonds. The van der Waals surface area contributed by atoms with Crippen molar-refractivity contribution >= 4 is 59.3 Å². The molecule has 0 aromatic carbocycles. The van der Waals surface area contributed by atoms with Crippen molar-refractivity contribution < 1.29 is 116 Å². The van der Waals surface area contributed by atoms with Gasteiger partial charge < -0.3 is 67.8 Å². The third kappa shape index (κ3) is 7.38. The van der Waals surface area contributed by atoms with E-state index in [1.807, 2.05) is 0 Å². The summed E-state index contributed by atoms with van der Waals surface area (Å²) in [5.41, 5.74) is -9.23. The quantitative estimate of drug-likeness (QED) is 0.0996. The van der Waals surface area contributed by atoms with E-state index in [9.17, 15) is 68.4 Å². The molecule has 2 unspecified atom stereocenters. The number of ketones is 2. The van der Waals surface area contributed by atoms with Crippen LogP contribution in [0.3, 0.4) is 0 Å². The van der Waals surface area contributed by atoms with Gasteiger partial charge >= 0.3 is 47.8 Å². The van der Waals surface area contributed by atoms with Crippen LogP contribution in [-0.4, -0.2) is 167 Å². The monoisotopic (exact) mass is 1110 g/mol. The van der Waals surface area contributed by atoms with Crippen molar-refractivity contribution in [2.24, 2.45) is 57.2 Å². The molecule has 4 saturated carbocycles. The van der Waals surface area contributed by atoms with Crippen molar-refractivity contribution in [2.75, 3.05) is 27.4 Å². The molecule has 24 heteroatoms. The van der Waals surface area contributed by atoms with Crippen LogP contribution in [0.25, 0.3) is 0 Å². The average Bonchev–Trinajstić information content (AvgIpc) is 3.95. The minimum Gasteiger partial charge on any atom is -0.467 e. The van der Waals surface area contributed by atoms with Crippen LogP contribution >= 0.6 is 0 Å². The fraction of sp³-hybridized carbons (Fsp3) is 0.673. The first kappa shape index (κ1) is 56.1. The van der Waals surface area contributed by atoms with Gasteiger partial charge in [-0.15, -0.1) is 0 Å². The Morgan fingerprint density at radius 2 is 0.937 bits per heavy atom. The molecule has 4 heterocycles. The van der Waals surface area contributed by atoms with Crippen molar-refractivity contribution in [3.8, 4) is 0 Å². The Bertz CT molecular complexity index is 2730. The molecule has 6 aliphatic carbocycles. The maximum absolute atomic E-state index is 14.4. The lowest BCUT2D eigenvalue weighted by Crippen LogP contribution is -2.79. The zero-order chi connectivity index (χ0) is 57.8. The van der Waals surface area contributed by atoms with E-state index in [-0.39, 0.29) is 24.0 Å². The van der Waals surface area contributed by atoms with Crippen LogP contribution in [0.5, 0.6) is 0 Å². The number of hydrogen-bond acceptors (Lipinski definition) is 24. The van der Waals surface area contributed by atoms with Crippen LogP contribution in [-0.2, 0) is 95.3 Å². The van der Waals surface area contributed by atoms with Crippen LogP contribution in [0.2, 0.25) is 0 Å². The Morgan fingerprint density at radius 1 is 0.582 bits per heavy atom. The second-order valence-electron chi connectivity index (χ2n) is 24.1. The largest absolute Gasteiger partial charge is 0.467 e. The predicted octanol–water partition coefficient (Wildman–Crippen LogP) is 0.408. The number of fused-ring (bicyclic) bond motifs is 4. The SMILES string of the molecule is COC(=O)C12OC[C@]34[C@H]([C@@H](O)[C@@H]1O)[C@@]1(C)CC(=O)C(OC(=O)CC(=O)OC5=C(C)[C@@H]6C[C@H]7OC(=O)[C@H](OC(=O)C=C(C)C)[C@H]8C9(C(=O)OC)OC[C@]78[C@H]([C@@H](O)[C@@H]9O)[C@@]6(C)CC5=O)=C(C)[C@@H]1C[C@H]3OC(=O)[C@H](OC(=O)C=C(C)C)[C@@H]24. The number of allylic oxidation sites excluding steroid dienone is 6. The highest BCUT2D eigenvalue weighted by Gasteiger charge is 2.87. The predicted molar refractivity (Wildman–Crippen MR) is 257 cm³/mol. The summed E-state index contributed by atoms with van der Waals surface area (Å²) >= 11 is 0. The van der Waals surface area contributed by atoms with Gasteiger partial charge in [0.05, 0.1) is 51.5 Å². The van der Waals surface area contributed by atoms with Crippen molar-refractivity contribution in [1.82, 2.24) is 0 Å². The lowest BCUT2D eigenvalue weighted by atomic mass is 9.38. The number of Topliss-reactive ketones (excluding diaryl/α,β-unsaturated/α-hetero) is 2. The number of aliphatic hydroxyl groups is 4. The van der Waals surface area contributed by atoms with Crippen LogP contribution in [0, 0.1) is 57.2 Å². The van der Waals surface area contributed by atoms with E-state index in [1.165, 1.54) is 13.8 Å². The third-order valence-corrected chi connectivity index (χ3v) is 19.6. The Hall–Kier alpha value is -6.18. The first-order valence-electron chi connectivity index (χ1n) is 26.2. The normalized spacial score (nSPS) is 43.8. The van der Waals surface area contributed by atoms with Crippen molar-refractivity contribution in [1.29, 1.82) is 0 Å². The van der Waals surface area contributed by atoms with E-state index in [4.69, 9.17) is 47.4 Å². The lowest BCUT2D eigenvalue weighted by molar-refractivity contribution is -0.290. The summed E-state index contributed by atoms with van der Waals surface area (Å²) in [5, 5.41) is 48.3. The number of carbonyl (C=O) groups excluding carboxylic acids is 10. The topological polar surface area (TPSA) is 344 Å². The zero-order valence-electron chi connectivity index (χ0n) is 45.1. The van der Waals surface area contributed by atoms with Gasteiger partial charge in [0.25, 0.3) is 0 Å². The zero-order valence-corrected chi connectivity index (χ0v) is 45.1. The van der Waals surface area contributed by atoms with E-state index < -0.39 is 221 Å². The number of carbonyl (C=O) groups is 10. The van der Waals surface area contributed by atoms with Crippen molar-refractivity contribution in [3.05, 3.63) is 46.0 Å². The average molecular weight is 1110 g/mol. The molecule has 4 aliphatic heterocycles. The Morgan fingerprint density at radius 3 is 1.27 bits per heavy atom. The maximum Gasteiger partial charge on any atom is 0.348 e. The standard InChI is InChI=1S/C55H64O24/c1-20(2)11-30(58)78-38-42-52-18-72-54(42,48(68)70-9)44(64)34(62)40(52)50(7)16-26(56)36(22(5)24(50)13-28(52)74-46(38)66)76-32(60)15-33(61)77-37-23(6)25-14-29-53-19-73-55(49(69)71-10,45(65)35(63)41(53)51(25,8)17-27(37)57)43(53)39(47(67)75-29)79-31(59)12-21(3)4/h11-12,24-25,28-29,34-35,38-45,62-65H,13-19H2,1-10H3/t24-,25-,28+,29+,34+,35+,38+,39+,40+,41+,42+,43+,44-,45-,50-,51-,52+,53+,54?,55?/m0/s1. The maximum atomic E-state index is 14.4. The van der Waals surface area contributed by atoms with Crippen LogP contribution in [0.4, 0.5) is 0 Å². The molecular weight excluding hydrogens is 1040 g/mol. The molecule has 4 saturated heterocycles. The number of hydrogen-bond donors (Lipinski definition) is 4. The molecule has 428 valence electrons. The van der Waals surface area contributed by atoms with E-state index in [1.54, 1.807) is 41.5 Å². The number of methoxy groups -OCH3 is 2. The van der Waals surface area contributed by atoms with E-state index in [0.717, 1.165) is 26.4 Å². The van der Waals surface area contributed by atoms with Gasteiger partial charge in [0.15, 0.2) is 23.1 Å². The van der Waals surface area contributed by atoms with Gasteiger partial charge in [-0.05, 0) is 88.2 Å². The first-order valence-corrected chi connectivity index (χ1v) is 26.2. The summed E-state index contributed by atoms with van der Waals surface area (Å²) in [6.07, 6.45) is -13.8. The molecule has 8 fully saturated rings. The number of ether oxygens (including phenoxy) is 10. The molecule has 10 aliphatic rings. The van der Waals surface area contributed by atoms with E-state index >= 15 is 0 Å². The van der Waals surface area contributed by atoms with Crippen molar-refractivity contribution in [3.63, 3.8) is 0 Å². The fourth-order valence-electron chi connectivity index (χ4n) is 17.2. The second-order valence-corrected chi connectivity index (χ2v) is 24.1. The summed E-state index contributed by atoms with van der Waals surface area (Å²) < 4.78 is 57.2. The highest BCUT2D eigenvalue weighted by Crippen LogP contribution is 2.75. The Balaban J connectivity index is 0.908. The van der Waals surface area contributed by atoms with Crippen LogP contribution in [0.1, 0.15) is 87.5 Å². The summed E-state index contributed by atoms with van der Waals surface area (Å²) in [5.74, 6) is -18.2. The molecule has 0 aromatic heterocycles. The third-order valence-electron chi connectivity index (χ3n) is 19.6. The Labute approximate surface area is 452 Å². The van der Waals surface area contributed by atoms with Gasteiger partial charge in [0, 0.05) is 47.7 Å². The van der Waals surface area contributed by atoms with Gasteiger partial charge in [-0.3, -0.25) is 19.2 Å². The second kappa shape index (κ2) is 18.7. The first-order chi connectivity index (χ1) is 37.0. The molecule has 2 spiro atoms. The summed E-state index contributed by atoms with van der Waals surface area (Å²) in [6.45, 7) is 12.0. The smallest absolute Gasteiger partial charge is 0.348 e. The van der Waals surface area contributed by atoms with Gasteiger partial charge in [-0.25, -0.2) is 28.8 Å². The van der Waals surface area contributed by atoms with Crippen molar-refractivity contribution in [2.45, 2.75) is 148 Å². The molecule has 10 rings (SSSR count). The van der Waals surface area contributed by atoms with Crippen LogP contribution in [0.15, 0.2) is 46.0 Å². The summed E-state index contributed by atoms with van der Waals surface area (Å²) in [4.78, 5) is 138. The van der Waals surface area contributed by atoms with E-state index in [0.29, 0.717) is 11.1 Å². The summed E-state index contributed by atoms with van der Waals surface area (Å²) in [6, 6.07) is 0. The highest BCUT2D eigenvalue weighted by molar-refractivity contribution is 6.02. The minimum absolute atomic E-state index is 0.0900. The summed E-state index contributed by atoms with van der Waals surface area (Å²) in [7, 11) is 2.05. The molecule has 24 nitrogen and oxygen atoms in total. The fourth-order valence-corrected chi connectivity index (χ4v) is 17.2. The van der Waals surface area contributed by atoms with Gasteiger partial charge in [-0.2, -0.15) is 0 Å². The van der Waals surface area contributed by atoms with E-state index in [2.05, 4.69) is 0 Å². The van der Waals surface area contributed by atoms with Gasteiger partial charge in [0.2, 0.25) is 23.4 Å². The molecule has 79 heavy (non-hydrogen) atoms. The molecule has 4 N–H and O–H groups in total. The molecular formula is C55H64O24. The molecule has 4 bridgehead atoms. The highest BCUT2D eigenvalue weighted by atomic mass is 16.6. The molecule has 0 radical (unpaired) electrons. The number of aliphatic hydroxyl groups excluding tert-OH is 4. The molecule has 20 atom stereocenters. The lowest BCUT2D eigenvalue weighted by Gasteiger charge is -2.67. The minimum atomic E-state index is -2.41. The molecule has 0 aromatic rings. The number of esters is 8. The van der Waals surface area contributed by atoms with Gasteiger partial charge in [-0.1, -0.05) is 25.0 Å². The van der Waals surface area contributed by atoms with Gasteiger partial charge in [0.1, 0.15) is 30.8 Å². The Kier molecular flexibility index (Phi) is 13.3.